The smallest absolute Gasteiger partial charge is 0.124 e. The fourth-order valence-corrected chi connectivity index (χ4v) is 3.84. The molecule has 2 aliphatic rings. The molecule has 2 fully saturated rings. The van der Waals surface area contributed by atoms with Crippen molar-refractivity contribution in [3.05, 3.63) is 41.8 Å². The first-order chi connectivity index (χ1) is 10.3. The minimum atomic E-state index is -0.164. The molecule has 21 heavy (non-hydrogen) atoms. The first kappa shape index (κ1) is 13.2. The van der Waals surface area contributed by atoms with E-state index in [2.05, 4.69) is 15.2 Å². The zero-order chi connectivity index (χ0) is 14.2. The van der Waals surface area contributed by atoms with E-state index in [9.17, 15) is 4.39 Å². The lowest BCUT2D eigenvalue weighted by Crippen LogP contribution is -2.39. The van der Waals surface area contributed by atoms with Crippen LogP contribution < -0.4 is 5.32 Å². The molecule has 0 bridgehead atoms. The standard InChI is InChI=1S/C17H20FN3/c18-16-6-12-2-1-4-20-17(12)14(7-16)10-21-5-3-13-8-19-9-15(13)11-21/h1-2,4,6-7,13,15,19H,3,5,8-11H2. The molecule has 4 rings (SSSR count). The normalized spacial score (nSPS) is 26.1. The van der Waals surface area contributed by atoms with Crippen LogP contribution in [0.15, 0.2) is 30.5 Å². The van der Waals surface area contributed by atoms with E-state index >= 15 is 0 Å². The highest BCUT2D eigenvalue weighted by Gasteiger charge is 2.32. The van der Waals surface area contributed by atoms with Gasteiger partial charge in [-0.2, -0.15) is 0 Å². The molecule has 0 amide bonds. The number of halogens is 1. The van der Waals surface area contributed by atoms with E-state index in [0.717, 1.165) is 54.5 Å². The number of nitrogens with zero attached hydrogens (tertiary/aromatic N) is 2. The Morgan fingerprint density at radius 3 is 3.14 bits per heavy atom. The molecule has 2 unspecified atom stereocenters. The highest BCUT2D eigenvalue weighted by molar-refractivity contribution is 5.81. The highest BCUT2D eigenvalue weighted by atomic mass is 19.1. The molecule has 2 saturated heterocycles. The first-order valence-electron chi connectivity index (χ1n) is 7.76. The predicted octanol–water partition coefficient (Wildman–Crippen LogP) is 2.42. The summed E-state index contributed by atoms with van der Waals surface area (Å²) in [7, 11) is 0. The van der Waals surface area contributed by atoms with Crippen LogP contribution >= 0.6 is 0 Å². The molecule has 4 heteroatoms. The Hall–Kier alpha value is -1.52. The van der Waals surface area contributed by atoms with Gasteiger partial charge in [-0.05, 0) is 61.7 Å². The number of fused-ring (bicyclic) bond motifs is 2. The predicted molar refractivity (Wildman–Crippen MR) is 81.4 cm³/mol. The average Bonchev–Trinajstić information content (AvgIpc) is 2.94. The topological polar surface area (TPSA) is 28.2 Å². The summed E-state index contributed by atoms with van der Waals surface area (Å²) in [4.78, 5) is 6.90. The van der Waals surface area contributed by atoms with Crippen LogP contribution in [0.4, 0.5) is 4.39 Å². The summed E-state index contributed by atoms with van der Waals surface area (Å²) in [6.45, 7) is 5.32. The lowest BCUT2D eigenvalue weighted by molar-refractivity contribution is 0.142. The molecule has 3 heterocycles. The molecular weight excluding hydrogens is 265 g/mol. The Kier molecular flexibility index (Phi) is 3.36. The van der Waals surface area contributed by atoms with E-state index in [1.54, 1.807) is 18.3 Å². The number of piperidine rings is 1. The minimum absolute atomic E-state index is 0.164. The molecule has 3 nitrogen and oxygen atoms in total. The summed E-state index contributed by atoms with van der Waals surface area (Å²) in [5.74, 6) is 1.43. The van der Waals surface area contributed by atoms with Crippen molar-refractivity contribution in [3.8, 4) is 0 Å². The third-order valence-corrected chi connectivity index (χ3v) is 4.93. The molecule has 1 aromatic carbocycles. The number of likely N-dealkylation sites (tertiary alicyclic amines) is 1. The van der Waals surface area contributed by atoms with Crippen LogP contribution in [0.2, 0.25) is 0 Å². The number of rotatable bonds is 2. The van der Waals surface area contributed by atoms with Gasteiger partial charge in [0.1, 0.15) is 5.82 Å². The van der Waals surface area contributed by atoms with Gasteiger partial charge < -0.3 is 5.32 Å². The number of pyridine rings is 1. The van der Waals surface area contributed by atoms with Crippen LogP contribution in [0.1, 0.15) is 12.0 Å². The van der Waals surface area contributed by atoms with Crippen LogP contribution in [-0.4, -0.2) is 36.1 Å². The summed E-state index contributed by atoms with van der Waals surface area (Å²) >= 11 is 0. The molecule has 0 radical (unpaired) electrons. The lowest BCUT2D eigenvalue weighted by Gasteiger charge is -2.34. The van der Waals surface area contributed by atoms with Crippen LogP contribution in [0.25, 0.3) is 10.9 Å². The maximum absolute atomic E-state index is 13.8. The number of benzene rings is 1. The quantitative estimate of drug-likeness (QED) is 0.918. The zero-order valence-corrected chi connectivity index (χ0v) is 12.1. The molecule has 1 aromatic heterocycles. The maximum Gasteiger partial charge on any atom is 0.124 e. The van der Waals surface area contributed by atoms with E-state index in [4.69, 9.17) is 0 Å². The van der Waals surface area contributed by atoms with Gasteiger partial charge in [0, 0.05) is 24.7 Å². The Morgan fingerprint density at radius 2 is 2.19 bits per heavy atom. The van der Waals surface area contributed by atoms with Crippen LogP contribution in [-0.2, 0) is 6.54 Å². The van der Waals surface area contributed by atoms with Gasteiger partial charge in [0.15, 0.2) is 0 Å². The fourth-order valence-electron chi connectivity index (χ4n) is 3.84. The summed E-state index contributed by atoms with van der Waals surface area (Å²) in [5, 5.41) is 4.38. The molecule has 2 atom stereocenters. The van der Waals surface area contributed by atoms with Gasteiger partial charge >= 0.3 is 0 Å². The van der Waals surface area contributed by atoms with Crippen LogP contribution in [0.5, 0.6) is 0 Å². The van der Waals surface area contributed by atoms with Gasteiger partial charge in [-0.25, -0.2) is 4.39 Å². The van der Waals surface area contributed by atoms with Gasteiger partial charge in [-0.15, -0.1) is 0 Å². The Labute approximate surface area is 124 Å². The Bertz CT molecular complexity index is 658. The van der Waals surface area contributed by atoms with Crippen molar-refractivity contribution < 1.29 is 4.39 Å². The number of nitrogens with one attached hydrogen (secondary N) is 1. The van der Waals surface area contributed by atoms with Crippen LogP contribution in [0.3, 0.4) is 0 Å². The first-order valence-corrected chi connectivity index (χ1v) is 7.76. The molecule has 2 aromatic rings. The van der Waals surface area contributed by atoms with Crippen molar-refractivity contribution in [1.29, 1.82) is 0 Å². The molecule has 0 aliphatic carbocycles. The van der Waals surface area contributed by atoms with Crippen molar-refractivity contribution in [2.24, 2.45) is 11.8 Å². The summed E-state index contributed by atoms with van der Waals surface area (Å²) in [6, 6.07) is 7.01. The second-order valence-electron chi connectivity index (χ2n) is 6.34. The Balaban J connectivity index is 1.59. The van der Waals surface area contributed by atoms with E-state index < -0.39 is 0 Å². The molecule has 2 aliphatic heterocycles. The van der Waals surface area contributed by atoms with E-state index in [1.807, 2.05) is 12.1 Å². The van der Waals surface area contributed by atoms with E-state index in [0.29, 0.717) is 0 Å². The summed E-state index contributed by atoms with van der Waals surface area (Å²) < 4.78 is 13.8. The van der Waals surface area contributed by atoms with Gasteiger partial charge in [-0.3, -0.25) is 9.88 Å². The second-order valence-corrected chi connectivity index (χ2v) is 6.34. The fraction of sp³-hybridized carbons (Fsp3) is 0.471. The van der Waals surface area contributed by atoms with Gasteiger partial charge in [-0.1, -0.05) is 6.07 Å². The number of hydrogen-bond donors (Lipinski definition) is 1. The lowest BCUT2D eigenvalue weighted by atomic mass is 9.88. The third-order valence-electron chi connectivity index (χ3n) is 4.93. The van der Waals surface area contributed by atoms with Crippen molar-refractivity contribution >= 4 is 10.9 Å². The van der Waals surface area contributed by atoms with Crippen molar-refractivity contribution in [2.75, 3.05) is 26.2 Å². The molecule has 0 saturated carbocycles. The van der Waals surface area contributed by atoms with Crippen molar-refractivity contribution in [3.63, 3.8) is 0 Å². The number of aromatic nitrogens is 1. The average molecular weight is 285 g/mol. The monoisotopic (exact) mass is 285 g/mol. The SMILES string of the molecule is Fc1cc(CN2CCC3CNCC3C2)c2ncccc2c1. The molecule has 1 N–H and O–H groups in total. The zero-order valence-electron chi connectivity index (χ0n) is 12.1. The summed E-state index contributed by atoms with van der Waals surface area (Å²) in [6.07, 6.45) is 3.04. The van der Waals surface area contributed by atoms with Gasteiger partial charge in [0.2, 0.25) is 0 Å². The highest BCUT2D eigenvalue weighted by Crippen LogP contribution is 2.28. The largest absolute Gasteiger partial charge is 0.316 e. The Morgan fingerprint density at radius 1 is 1.29 bits per heavy atom. The van der Waals surface area contributed by atoms with Crippen molar-refractivity contribution in [1.82, 2.24) is 15.2 Å². The molecular formula is C17H20FN3. The summed E-state index contributed by atoms with van der Waals surface area (Å²) in [5.41, 5.74) is 1.94. The van der Waals surface area contributed by atoms with Gasteiger partial charge in [0.05, 0.1) is 5.52 Å². The second kappa shape index (κ2) is 5.35. The van der Waals surface area contributed by atoms with E-state index in [1.165, 1.54) is 13.0 Å². The minimum Gasteiger partial charge on any atom is -0.316 e. The van der Waals surface area contributed by atoms with Crippen molar-refractivity contribution in [2.45, 2.75) is 13.0 Å². The van der Waals surface area contributed by atoms with Crippen LogP contribution in [0, 0.1) is 17.7 Å². The van der Waals surface area contributed by atoms with E-state index in [-0.39, 0.29) is 5.82 Å². The third kappa shape index (κ3) is 2.54. The molecule has 0 spiro atoms. The number of hydrogen-bond acceptors (Lipinski definition) is 3. The molecule has 110 valence electrons. The van der Waals surface area contributed by atoms with Gasteiger partial charge in [0.25, 0.3) is 0 Å². The maximum atomic E-state index is 13.8.